The Balaban J connectivity index is 1.95. The molecule has 0 fully saturated rings. The molecule has 186 valence electrons. The van der Waals surface area contributed by atoms with Gasteiger partial charge >= 0.3 is 0 Å². The number of pyridine rings is 1. The number of hydrogen-bond donors (Lipinski definition) is 2. The monoisotopic (exact) mass is 505 g/mol. The van der Waals surface area contributed by atoms with Crippen LogP contribution in [0.4, 0.5) is 17.1 Å². The van der Waals surface area contributed by atoms with Crippen LogP contribution in [0.1, 0.15) is 32.8 Å². The van der Waals surface area contributed by atoms with Gasteiger partial charge in [-0.3, -0.25) is 14.8 Å². The molecule has 1 amide bonds. The summed E-state index contributed by atoms with van der Waals surface area (Å²) in [4.78, 5) is 20.4. The summed E-state index contributed by atoms with van der Waals surface area (Å²) in [7, 11) is 1.72. The maximum Gasteiger partial charge on any atom is 0.221 e. The van der Waals surface area contributed by atoms with E-state index in [1.807, 2.05) is 25.1 Å². The fraction of sp³-hybridized carbons (Fsp3) is 0.259. The van der Waals surface area contributed by atoms with Crippen LogP contribution in [0.25, 0.3) is 10.9 Å². The second kappa shape index (κ2) is 12.6. The number of carbonyl (C=O) groups excluding carboxylic acids is 1. The van der Waals surface area contributed by atoms with Crippen LogP contribution in [0.2, 0.25) is 5.02 Å². The van der Waals surface area contributed by atoms with Gasteiger partial charge in [0.25, 0.3) is 0 Å². The molecule has 0 aliphatic rings. The maximum atomic E-state index is 11.8. The Morgan fingerprint density at radius 3 is 2.67 bits per heavy atom. The molecule has 2 aromatic carbocycles. The van der Waals surface area contributed by atoms with E-state index in [9.17, 15) is 10.1 Å². The number of ether oxygens (including phenoxy) is 2. The molecule has 0 aliphatic heterocycles. The van der Waals surface area contributed by atoms with E-state index < -0.39 is 0 Å². The molecule has 1 aromatic heterocycles. The van der Waals surface area contributed by atoms with Gasteiger partial charge in [0.15, 0.2) is 0 Å². The van der Waals surface area contributed by atoms with Gasteiger partial charge in [0.05, 0.1) is 39.8 Å². The average Bonchev–Trinajstić information content (AvgIpc) is 2.85. The van der Waals surface area contributed by atoms with E-state index in [0.717, 1.165) is 12.1 Å². The number of nitriles is 1. The van der Waals surface area contributed by atoms with Crippen molar-refractivity contribution in [2.45, 2.75) is 27.2 Å². The molecule has 0 radical (unpaired) electrons. The van der Waals surface area contributed by atoms with Crippen molar-refractivity contribution in [1.29, 1.82) is 5.26 Å². The minimum Gasteiger partial charge on any atom is -0.492 e. The van der Waals surface area contributed by atoms with Gasteiger partial charge in [0, 0.05) is 37.3 Å². The van der Waals surface area contributed by atoms with Crippen molar-refractivity contribution in [2.24, 2.45) is 4.99 Å². The number of rotatable bonds is 10. The van der Waals surface area contributed by atoms with E-state index in [2.05, 4.69) is 33.6 Å². The first-order chi connectivity index (χ1) is 17.4. The molecule has 0 saturated carbocycles. The number of allylic oxidation sites excluding steroid dienone is 1. The van der Waals surface area contributed by atoms with Gasteiger partial charge in [-0.25, -0.2) is 0 Å². The molecule has 3 aromatic rings. The number of hydrogen-bond acceptors (Lipinski definition) is 7. The number of halogens is 1. The predicted octanol–water partition coefficient (Wildman–Crippen LogP) is 6.28. The molecule has 0 aliphatic carbocycles. The van der Waals surface area contributed by atoms with Crippen molar-refractivity contribution in [3.05, 3.63) is 59.3 Å². The summed E-state index contributed by atoms with van der Waals surface area (Å²) in [6.45, 7) is 6.05. The topological polar surface area (TPSA) is 109 Å². The minimum atomic E-state index is -0.238. The van der Waals surface area contributed by atoms with Crippen LogP contribution in [0, 0.1) is 11.3 Å². The Morgan fingerprint density at radius 1 is 1.22 bits per heavy atom. The van der Waals surface area contributed by atoms with Gasteiger partial charge in [0.1, 0.15) is 24.2 Å². The number of carbonyl (C=O) groups is 1. The minimum absolute atomic E-state index is 0.238. The molecule has 0 atom stereocenters. The quantitative estimate of drug-likeness (QED) is 0.314. The SMILES string of the molecule is CC/C=C\C(COc1ccc(Nc2c(C#N)cnc3cc(OCC)c(NC(C)=O)cc23)cc1Cl)=NC. The van der Waals surface area contributed by atoms with Crippen LogP contribution in [0.5, 0.6) is 11.5 Å². The number of anilines is 3. The molecule has 8 nitrogen and oxygen atoms in total. The van der Waals surface area contributed by atoms with Crippen LogP contribution in [0.3, 0.4) is 0 Å². The lowest BCUT2D eigenvalue weighted by Gasteiger charge is -2.16. The first kappa shape index (κ1) is 26.5. The summed E-state index contributed by atoms with van der Waals surface area (Å²) < 4.78 is 11.5. The number of aromatic nitrogens is 1. The van der Waals surface area contributed by atoms with Crippen molar-refractivity contribution < 1.29 is 14.3 Å². The fourth-order valence-electron chi connectivity index (χ4n) is 3.43. The summed E-state index contributed by atoms with van der Waals surface area (Å²) in [5.41, 5.74) is 3.42. The van der Waals surface area contributed by atoms with E-state index in [-0.39, 0.29) is 5.91 Å². The van der Waals surface area contributed by atoms with Gasteiger partial charge in [-0.2, -0.15) is 5.26 Å². The lowest BCUT2D eigenvalue weighted by atomic mass is 10.1. The van der Waals surface area contributed by atoms with Crippen molar-refractivity contribution in [2.75, 3.05) is 30.9 Å². The molecule has 1 heterocycles. The molecular formula is C27H28ClN5O3. The van der Waals surface area contributed by atoms with Crippen molar-refractivity contribution in [3.63, 3.8) is 0 Å². The highest BCUT2D eigenvalue weighted by molar-refractivity contribution is 6.32. The van der Waals surface area contributed by atoms with Crippen LogP contribution in [-0.4, -0.2) is 36.9 Å². The van der Waals surface area contributed by atoms with Crippen LogP contribution >= 0.6 is 11.6 Å². The van der Waals surface area contributed by atoms with Gasteiger partial charge in [-0.15, -0.1) is 0 Å². The average molecular weight is 506 g/mol. The highest BCUT2D eigenvalue weighted by Crippen LogP contribution is 2.37. The fourth-order valence-corrected chi connectivity index (χ4v) is 3.67. The number of benzene rings is 2. The Hall–Kier alpha value is -4.09. The van der Waals surface area contributed by atoms with Crippen molar-refractivity contribution >= 4 is 51.2 Å². The molecule has 0 saturated heterocycles. The smallest absolute Gasteiger partial charge is 0.221 e. The van der Waals surface area contributed by atoms with Gasteiger partial charge in [-0.1, -0.05) is 24.6 Å². The summed E-state index contributed by atoms with van der Waals surface area (Å²) in [5.74, 6) is 0.775. The molecule has 0 spiro atoms. The summed E-state index contributed by atoms with van der Waals surface area (Å²) in [6.07, 6.45) is 6.34. The van der Waals surface area contributed by atoms with E-state index in [0.29, 0.717) is 63.3 Å². The summed E-state index contributed by atoms with van der Waals surface area (Å²) in [6, 6.07) is 10.9. The van der Waals surface area contributed by atoms with E-state index in [4.69, 9.17) is 21.1 Å². The maximum absolute atomic E-state index is 11.8. The van der Waals surface area contributed by atoms with Gasteiger partial charge in [0.2, 0.25) is 5.91 Å². The largest absolute Gasteiger partial charge is 0.492 e. The molecule has 36 heavy (non-hydrogen) atoms. The summed E-state index contributed by atoms with van der Waals surface area (Å²) in [5, 5.41) is 16.8. The third-order valence-electron chi connectivity index (χ3n) is 5.11. The molecular weight excluding hydrogens is 478 g/mol. The second-order valence-electron chi connectivity index (χ2n) is 7.72. The Kier molecular flexibility index (Phi) is 9.25. The number of amides is 1. The molecule has 0 unspecified atom stereocenters. The molecule has 0 bridgehead atoms. The van der Waals surface area contributed by atoms with E-state index in [1.165, 1.54) is 13.1 Å². The number of nitrogens with zero attached hydrogens (tertiary/aromatic N) is 3. The lowest BCUT2D eigenvalue weighted by molar-refractivity contribution is -0.114. The predicted molar refractivity (Wildman–Crippen MR) is 145 cm³/mol. The Labute approximate surface area is 215 Å². The Bertz CT molecular complexity index is 1360. The normalized spacial score (nSPS) is 11.4. The second-order valence-corrected chi connectivity index (χ2v) is 8.13. The zero-order chi connectivity index (χ0) is 26.1. The Morgan fingerprint density at radius 2 is 2.03 bits per heavy atom. The molecule has 2 N–H and O–H groups in total. The standard InChI is InChI=1S/C27H28ClN5O3/c1-5-7-8-20(30-4)16-36-25-10-9-19(11-22(25)28)33-27-18(14-29)15-31-23-13-26(35-6-2)24(12-21(23)27)32-17(3)34/h7-13,15H,5-6,16H2,1-4H3,(H,31,33)(H,32,34)/b8-7-,30-20?. The zero-order valence-electron chi connectivity index (χ0n) is 20.7. The highest BCUT2D eigenvalue weighted by atomic mass is 35.5. The number of fused-ring (bicyclic) bond motifs is 1. The van der Waals surface area contributed by atoms with E-state index >= 15 is 0 Å². The third kappa shape index (κ3) is 6.52. The first-order valence-electron chi connectivity index (χ1n) is 11.5. The molecule has 9 heteroatoms. The lowest BCUT2D eigenvalue weighted by Crippen LogP contribution is -2.09. The van der Waals surface area contributed by atoms with Gasteiger partial charge < -0.3 is 20.1 Å². The van der Waals surface area contributed by atoms with Crippen LogP contribution in [-0.2, 0) is 4.79 Å². The highest BCUT2D eigenvalue weighted by Gasteiger charge is 2.15. The first-order valence-corrected chi connectivity index (χ1v) is 11.9. The number of aliphatic imine (C=N–C) groups is 1. The van der Waals surface area contributed by atoms with Crippen LogP contribution < -0.4 is 20.1 Å². The zero-order valence-corrected chi connectivity index (χ0v) is 21.4. The van der Waals surface area contributed by atoms with Crippen molar-refractivity contribution in [3.8, 4) is 17.6 Å². The number of nitrogens with one attached hydrogen (secondary N) is 2. The third-order valence-corrected chi connectivity index (χ3v) is 5.41. The molecule has 3 rings (SSSR count). The summed E-state index contributed by atoms with van der Waals surface area (Å²) >= 11 is 6.49. The van der Waals surface area contributed by atoms with Crippen molar-refractivity contribution in [1.82, 2.24) is 4.98 Å². The van der Waals surface area contributed by atoms with Crippen LogP contribution in [0.15, 0.2) is 53.7 Å². The van der Waals surface area contributed by atoms with E-state index in [1.54, 1.807) is 31.3 Å². The van der Waals surface area contributed by atoms with Gasteiger partial charge in [-0.05, 0) is 43.7 Å².